The number of amides is 1. The molecule has 2 aliphatic rings. The maximum atomic E-state index is 13.3. The first-order chi connectivity index (χ1) is 16.5. The number of rotatable bonds is 5. The molecule has 3 aromatic rings. The molecule has 1 N–H and O–H groups in total. The minimum atomic E-state index is -3.70. The number of sulfonamides is 1. The Morgan fingerprint density at radius 3 is 2.35 bits per heavy atom. The highest BCUT2D eigenvalue weighted by atomic mass is 32.2. The van der Waals surface area contributed by atoms with Crippen LogP contribution in [0.3, 0.4) is 0 Å². The van der Waals surface area contributed by atoms with E-state index in [1.54, 1.807) is 18.2 Å². The van der Waals surface area contributed by atoms with Crippen molar-refractivity contribution in [2.75, 3.05) is 49.6 Å². The summed E-state index contributed by atoms with van der Waals surface area (Å²) in [7, 11) is -3.70. The van der Waals surface area contributed by atoms with Crippen molar-refractivity contribution in [1.29, 1.82) is 0 Å². The van der Waals surface area contributed by atoms with Crippen LogP contribution in [0.1, 0.15) is 36.2 Å². The molecule has 5 rings (SSSR count). The van der Waals surface area contributed by atoms with Gasteiger partial charge in [0.05, 0.1) is 29.5 Å². The van der Waals surface area contributed by atoms with Crippen LogP contribution < -0.4 is 10.2 Å². The third-order valence-corrected chi connectivity index (χ3v) is 8.31. The molecule has 180 valence electrons. The van der Waals surface area contributed by atoms with Crippen LogP contribution in [0.25, 0.3) is 11.0 Å². The summed E-state index contributed by atoms with van der Waals surface area (Å²) in [6.45, 7) is 3.11. The van der Waals surface area contributed by atoms with Gasteiger partial charge in [-0.25, -0.2) is 8.42 Å². The molecule has 0 bridgehead atoms. The van der Waals surface area contributed by atoms with Crippen molar-refractivity contribution in [3.63, 3.8) is 0 Å². The molecule has 0 unspecified atom stereocenters. The van der Waals surface area contributed by atoms with Crippen LogP contribution in [0.5, 0.6) is 0 Å². The van der Waals surface area contributed by atoms with Gasteiger partial charge in [-0.05, 0) is 43.2 Å². The standard InChI is InChI=1S/C25H29N3O5S/c29-25(24-17-19-7-3-4-8-23(19)33-24)26-21-18-20(34(30,31)28-13-15-32-16-14-28)9-10-22(21)27-11-5-1-2-6-12-27/h3-4,7-10,17-18H,1-2,5-6,11-16H2,(H,26,29). The van der Waals surface area contributed by atoms with Gasteiger partial charge < -0.3 is 19.4 Å². The van der Waals surface area contributed by atoms with Crippen molar-refractivity contribution in [3.8, 4) is 0 Å². The molecule has 1 amide bonds. The second kappa shape index (κ2) is 9.77. The zero-order valence-corrected chi connectivity index (χ0v) is 19.9. The third-order valence-electron chi connectivity index (χ3n) is 6.42. The number of furan rings is 1. The lowest BCUT2D eigenvalue weighted by Gasteiger charge is -2.28. The van der Waals surface area contributed by atoms with E-state index in [2.05, 4.69) is 10.2 Å². The Morgan fingerprint density at radius 1 is 0.882 bits per heavy atom. The van der Waals surface area contributed by atoms with E-state index in [9.17, 15) is 13.2 Å². The number of nitrogens with zero attached hydrogens (tertiary/aromatic N) is 2. The van der Waals surface area contributed by atoms with Gasteiger partial charge in [0, 0.05) is 31.6 Å². The molecule has 1 aromatic heterocycles. The van der Waals surface area contributed by atoms with Crippen molar-refractivity contribution >= 4 is 38.3 Å². The number of hydrogen-bond acceptors (Lipinski definition) is 6. The number of carbonyl (C=O) groups excluding carboxylic acids is 1. The number of benzene rings is 2. The highest BCUT2D eigenvalue weighted by Gasteiger charge is 2.28. The summed E-state index contributed by atoms with van der Waals surface area (Å²) in [6, 6.07) is 14.2. The third kappa shape index (κ3) is 4.68. The molecule has 2 fully saturated rings. The van der Waals surface area contributed by atoms with Gasteiger partial charge in [0.25, 0.3) is 5.91 Å². The van der Waals surface area contributed by atoms with Crippen molar-refractivity contribution in [2.45, 2.75) is 30.6 Å². The second-order valence-electron chi connectivity index (χ2n) is 8.70. The van der Waals surface area contributed by atoms with E-state index in [1.807, 2.05) is 30.3 Å². The van der Waals surface area contributed by atoms with E-state index in [-0.39, 0.29) is 10.7 Å². The maximum Gasteiger partial charge on any atom is 0.291 e. The van der Waals surface area contributed by atoms with E-state index in [4.69, 9.17) is 9.15 Å². The van der Waals surface area contributed by atoms with Crippen LogP contribution in [0.2, 0.25) is 0 Å². The molecule has 3 heterocycles. The largest absolute Gasteiger partial charge is 0.451 e. The van der Waals surface area contributed by atoms with Crippen LogP contribution >= 0.6 is 0 Å². The molecule has 2 aromatic carbocycles. The predicted molar refractivity (Wildman–Crippen MR) is 131 cm³/mol. The fourth-order valence-electron chi connectivity index (χ4n) is 4.58. The summed E-state index contributed by atoms with van der Waals surface area (Å²) < 4.78 is 39.0. The summed E-state index contributed by atoms with van der Waals surface area (Å²) in [5.41, 5.74) is 1.93. The van der Waals surface area contributed by atoms with E-state index < -0.39 is 15.9 Å². The summed E-state index contributed by atoms with van der Waals surface area (Å²) in [5, 5.41) is 3.78. The predicted octanol–water partition coefficient (Wildman–Crippen LogP) is 4.09. The van der Waals surface area contributed by atoms with Gasteiger partial charge in [0.1, 0.15) is 5.58 Å². The highest BCUT2D eigenvalue weighted by Crippen LogP contribution is 2.33. The zero-order valence-electron chi connectivity index (χ0n) is 19.0. The molecular weight excluding hydrogens is 454 g/mol. The van der Waals surface area contributed by atoms with Crippen molar-refractivity contribution in [3.05, 3.63) is 54.3 Å². The van der Waals surface area contributed by atoms with Crippen LogP contribution in [0.15, 0.2) is 57.8 Å². The molecule has 2 aliphatic heterocycles. The van der Waals surface area contributed by atoms with Crippen LogP contribution in [0.4, 0.5) is 11.4 Å². The van der Waals surface area contributed by atoms with Gasteiger partial charge in [-0.2, -0.15) is 4.31 Å². The molecule has 0 aliphatic carbocycles. The number of hydrogen-bond donors (Lipinski definition) is 1. The Balaban J connectivity index is 1.50. The Hall–Kier alpha value is -2.88. The van der Waals surface area contributed by atoms with Crippen LogP contribution in [0, 0.1) is 0 Å². The van der Waals surface area contributed by atoms with Gasteiger partial charge in [-0.1, -0.05) is 31.0 Å². The zero-order chi connectivity index (χ0) is 23.5. The summed E-state index contributed by atoms with van der Waals surface area (Å²) >= 11 is 0. The summed E-state index contributed by atoms with van der Waals surface area (Å²) in [5.74, 6) is -0.224. The molecule has 2 saturated heterocycles. The van der Waals surface area contributed by atoms with Gasteiger partial charge in [0.2, 0.25) is 10.0 Å². The molecular formula is C25H29N3O5S. The quantitative estimate of drug-likeness (QED) is 0.588. The number of carbonyl (C=O) groups is 1. The SMILES string of the molecule is O=C(Nc1cc(S(=O)(=O)N2CCOCC2)ccc1N1CCCCCC1)c1cc2ccccc2o1. The van der Waals surface area contributed by atoms with Crippen molar-refractivity contribution < 1.29 is 22.4 Å². The Morgan fingerprint density at radius 2 is 1.62 bits per heavy atom. The van der Waals surface area contributed by atoms with Crippen molar-refractivity contribution in [2.24, 2.45) is 0 Å². The smallest absolute Gasteiger partial charge is 0.291 e. The molecule has 0 saturated carbocycles. The number of nitrogens with one attached hydrogen (secondary N) is 1. The molecule has 0 atom stereocenters. The lowest BCUT2D eigenvalue weighted by Crippen LogP contribution is -2.40. The number of para-hydroxylation sites is 1. The van der Waals surface area contributed by atoms with Gasteiger partial charge in [-0.15, -0.1) is 0 Å². The van der Waals surface area contributed by atoms with Crippen molar-refractivity contribution in [1.82, 2.24) is 4.31 Å². The average Bonchev–Trinajstić information content (AvgIpc) is 3.12. The normalized spacial score (nSPS) is 18.1. The minimum Gasteiger partial charge on any atom is -0.451 e. The van der Waals surface area contributed by atoms with Gasteiger partial charge in [0.15, 0.2) is 5.76 Å². The molecule has 0 radical (unpaired) electrons. The topological polar surface area (TPSA) is 92.1 Å². The van der Waals surface area contributed by atoms with Gasteiger partial charge >= 0.3 is 0 Å². The van der Waals surface area contributed by atoms with Crippen LogP contribution in [-0.2, 0) is 14.8 Å². The number of morpholine rings is 1. The number of anilines is 2. The lowest BCUT2D eigenvalue weighted by molar-refractivity contribution is 0.0730. The van der Waals surface area contributed by atoms with E-state index >= 15 is 0 Å². The summed E-state index contributed by atoms with van der Waals surface area (Å²) in [4.78, 5) is 15.5. The lowest BCUT2D eigenvalue weighted by atomic mass is 10.2. The fourth-order valence-corrected chi connectivity index (χ4v) is 6.01. The summed E-state index contributed by atoms with van der Waals surface area (Å²) in [6.07, 6.45) is 4.46. The Bertz CT molecular complexity index is 1240. The molecule has 34 heavy (non-hydrogen) atoms. The van der Waals surface area contributed by atoms with Gasteiger partial charge in [-0.3, -0.25) is 4.79 Å². The Labute approximate surface area is 199 Å². The van der Waals surface area contributed by atoms with E-state index in [0.717, 1.165) is 37.0 Å². The first kappa shape index (κ1) is 22.9. The first-order valence-corrected chi connectivity index (χ1v) is 13.2. The Kier molecular flexibility index (Phi) is 6.58. The fraction of sp³-hybridized carbons (Fsp3) is 0.400. The monoisotopic (exact) mass is 483 g/mol. The highest BCUT2D eigenvalue weighted by molar-refractivity contribution is 7.89. The number of ether oxygens (including phenoxy) is 1. The van der Waals surface area contributed by atoms with Crippen LogP contribution in [-0.4, -0.2) is 58.0 Å². The first-order valence-electron chi connectivity index (χ1n) is 11.8. The molecule has 9 heteroatoms. The minimum absolute atomic E-state index is 0.160. The second-order valence-corrected chi connectivity index (χ2v) is 10.6. The molecule has 8 nitrogen and oxygen atoms in total. The molecule has 0 spiro atoms. The average molecular weight is 484 g/mol. The number of fused-ring (bicyclic) bond motifs is 1. The maximum absolute atomic E-state index is 13.3. The van der Waals surface area contributed by atoms with E-state index in [1.165, 1.54) is 17.1 Å². The van der Waals surface area contributed by atoms with E-state index in [0.29, 0.717) is 37.6 Å².